The first kappa shape index (κ1) is 17.1. The number of fused-ring (bicyclic) bond motifs is 1. The highest BCUT2D eigenvalue weighted by Crippen LogP contribution is 2.37. The second kappa shape index (κ2) is 7.11. The van der Waals surface area contributed by atoms with Crippen molar-refractivity contribution in [3.63, 3.8) is 0 Å². The van der Waals surface area contributed by atoms with Crippen LogP contribution in [0.1, 0.15) is 15.9 Å². The third kappa shape index (κ3) is 3.12. The Kier molecular flexibility index (Phi) is 4.50. The number of nitrogens with zero attached hydrogens (tertiary/aromatic N) is 1. The molecule has 5 nitrogen and oxygen atoms in total. The van der Waals surface area contributed by atoms with Crippen molar-refractivity contribution < 1.29 is 19.0 Å². The van der Waals surface area contributed by atoms with E-state index >= 15 is 0 Å². The van der Waals surface area contributed by atoms with Crippen LogP contribution in [0.5, 0.6) is 17.4 Å². The normalized spacial score (nSPS) is 12.5. The van der Waals surface area contributed by atoms with Gasteiger partial charge < -0.3 is 14.2 Å². The van der Waals surface area contributed by atoms with Crippen LogP contribution in [0.4, 0.5) is 0 Å². The molecule has 5 heteroatoms. The standard InChI is InChI=1S/C22H19NO4/c1-14-17(15-7-9-20-21(12-15)27-11-10-26-20)4-3-5-18(14)19-8-6-16(13-24)22(23-19)25-2/h3-9,12-13H,10-11H2,1-2H3. The molecule has 1 aliphatic rings. The maximum absolute atomic E-state index is 11.1. The zero-order chi connectivity index (χ0) is 18.8. The van der Waals surface area contributed by atoms with Crippen molar-refractivity contribution >= 4 is 6.29 Å². The van der Waals surface area contributed by atoms with Gasteiger partial charge in [-0.1, -0.05) is 24.3 Å². The maximum Gasteiger partial charge on any atom is 0.224 e. The van der Waals surface area contributed by atoms with Gasteiger partial charge >= 0.3 is 0 Å². The number of ether oxygens (including phenoxy) is 3. The molecule has 0 atom stereocenters. The smallest absolute Gasteiger partial charge is 0.224 e. The maximum atomic E-state index is 11.1. The molecule has 0 spiro atoms. The monoisotopic (exact) mass is 361 g/mol. The Morgan fingerprint density at radius 2 is 1.78 bits per heavy atom. The van der Waals surface area contributed by atoms with E-state index in [0.717, 1.165) is 45.7 Å². The Hall–Kier alpha value is -3.34. The van der Waals surface area contributed by atoms with Gasteiger partial charge in [-0.3, -0.25) is 4.79 Å². The molecule has 0 amide bonds. The van der Waals surface area contributed by atoms with Gasteiger partial charge in [-0.15, -0.1) is 0 Å². The summed E-state index contributed by atoms with van der Waals surface area (Å²) in [7, 11) is 1.51. The quantitative estimate of drug-likeness (QED) is 0.648. The van der Waals surface area contributed by atoms with Gasteiger partial charge in [-0.2, -0.15) is 0 Å². The Morgan fingerprint density at radius 3 is 2.56 bits per heavy atom. The number of hydrogen-bond acceptors (Lipinski definition) is 5. The molecule has 2 heterocycles. The zero-order valence-electron chi connectivity index (χ0n) is 15.2. The van der Waals surface area contributed by atoms with Crippen molar-refractivity contribution in [1.29, 1.82) is 0 Å². The van der Waals surface area contributed by atoms with Crippen molar-refractivity contribution in [3.05, 3.63) is 59.7 Å². The molecule has 27 heavy (non-hydrogen) atoms. The van der Waals surface area contributed by atoms with Gasteiger partial charge in [0.2, 0.25) is 5.88 Å². The average Bonchev–Trinajstić information content (AvgIpc) is 2.73. The lowest BCUT2D eigenvalue weighted by Crippen LogP contribution is -2.15. The Bertz CT molecular complexity index is 1010. The number of hydrogen-bond donors (Lipinski definition) is 0. The number of aromatic nitrogens is 1. The van der Waals surface area contributed by atoms with Crippen molar-refractivity contribution in [1.82, 2.24) is 4.98 Å². The number of aldehydes is 1. The van der Waals surface area contributed by atoms with E-state index in [0.29, 0.717) is 24.7 Å². The summed E-state index contributed by atoms with van der Waals surface area (Å²) in [5, 5.41) is 0. The highest BCUT2D eigenvalue weighted by Gasteiger charge is 2.15. The minimum absolute atomic E-state index is 0.326. The summed E-state index contributed by atoms with van der Waals surface area (Å²) in [6.45, 7) is 3.19. The summed E-state index contributed by atoms with van der Waals surface area (Å²) in [4.78, 5) is 15.6. The van der Waals surface area contributed by atoms with E-state index in [-0.39, 0.29) is 0 Å². The van der Waals surface area contributed by atoms with Crippen LogP contribution in [-0.2, 0) is 0 Å². The van der Waals surface area contributed by atoms with Crippen molar-refractivity contribution in [2.75, 3.05) is 20.3 Å². The molecule has 0 radical (unpaired) electrons. The summed E-state index contributed by atoms with van der Waals surface area (Å²) in [5.74, 6) is 1.86. The van der Waals surface area contributed by atoms with Crippen molar-refractivity contribution in [2.45, 2.75) is 6.92 Å². The average molecular weight is 361 g/mol. The predicted molar refractivity (Wildman–Crippen MR) is 103 cm³/mol. The molecule has 0 aliphatic carbocycles. The van der Waals surface area contributed by atoms with Crippen LogP contribution in [0.3, 0.4) is 0 Å². The van der Waals surface area contributed by atoms with Crippen LogP contribution < -0.4 is 14.2 Å². The Balaban J connectivity index is 1.79. The van der Waals surface area contributed by atoms with E-state index in [1.807, 2.05) is 36.4 Å². The van der Waals surface area contributed by atoms with E-state index in [4.69, 9.17) is 14.2 Å². The van der Waals surface area contributed by atoms with Gasteiger partial charge in [0, 0.05) is 5.56 Å². The number of carbonyl (C=O) groups excluding carboxylic acids is 1. The third-order valence-corrected chi connectivity index (χ3v) is 4.67. The van der Waals surface area contributed by atoms with E-state index < -0.39 is 0 Å². The summed E-state index contributed by atoms with van der Waals surface area (Å²) in [6.07, 6.45) is 0.744. The summed E-state index contributed by atoms with van der Waals surface area (Å²) < 4.78 is 16.6. The van der Waals surface area contributed by atoms with Gasteiger partial charge in [0.1, 0.15) is 13.2 Å². The molecule has 0 unspecified atom stereocenters. The fraction of sp³-hybridized carbons (Fsp3) is 0.182. The van der Waals surface area contributed by atoms with Gasteiger partial charge in [0.15, 0.2) is 17.8 Å². The zero-order valence-corrected chi connectivity index (χ0v) is 15.2. The van der Waals surface area contributed by atoms with E-state index in [1.54, 1.807) is 6.07 Å². The topological polar surface area (TPSA) is 57.6 Å². The van der Waals surface area contributed by atoms with Crippen LogP contribution in [0.25, 0.3) is 22.4 Å². The molecule has 3 aromatic rings. The minimum Gasteiger partial charge on any atom is -0.486 e. The molecule has 0 saturated carbocycles. The number of pyridine rings is 1. The molecule has 2 aromatic carbocycles. The number of methoxy groups -OCH3 is 1. The second-order valence-electron chi connectivity index (χ2n) is 6.25. The molecule has 0 N–H and O–H groups in total. The van der Waals surface area contributed by atoms with E-state index in [1.165, 1.54) is 7.11 Å². The molecule has 1 aliphatic heterocycles. The number of benzene rings is 2. The lowest BCUT2D eigenvalue weighted by atomic mass is 9.94. The van der Waals surface area contributed by atoms with Crippen LogP contribution in [0, 0.1) is 6.92 Å². The van der Waals surface area contributed by atoms with Crippen LogP contribution in [0.15, 0.2) is 48.5 Å². The second-order valence-corrected chi connectivity index (χ2v) is 6.25. The molecule has 0 fully saturated rings. The fourth-order valence-electron chi connectivity index (χ4n) is 3.29. The van der Waals surface area contributed by atoms with Gasteiger partial charge in [-0.25, -0.2) is 4.98 Å². The first-order valence-electron chi connectivity index (χ1n) is 8.71. The molecule has 0 bridgehead atoms. The van der Waals surface area contributed by atoms with Gasteiger partial charge in [-0.05, 0) is 47.9 Å². The molecule has 136 valence electrons. The van der Waals surface area contributed by atoms with Crippen LogP contribution in [0.2, 0.25) is 0 Å². The van der Waals surface area contributed by atoms with Crippen LogP contribution >= 0.6 is 0 Å². The lowest BCUT2D eigenvalue weighted by Gasteiger charge is -2.19. The molecular weight excluding hydrogens is 342 g/mol. The molecule has 0 saturated heterocycles. The highest BCUT2D eigenvalue weighted by molar-refractivity contribution is 5.81. The van der Waals surface area contributed by atoms with Crippen LogP contribution in [-0.4, -0.2) is 31.6 Å². The van der Waals surface area contributed by atoms with Crippen molar-refractivity contribution in [3.8, 4) is 39.8 Å². The third-order valence-electron chi connectivity index (χ3n) is 4.67. The predicted octanol–water partition coefficient (Wildman–Crippen LogP) is 4.32. The van der Waals surface area contributed by atoms with E-state index in [9.17, 15) is 4.79 Å². The summed E-state index contributed by atoms with van der Waals surface area (Å²) >= 11 is 0. The fourth-order valence-corrected chi connectivity index (χ4v) is 3.29. The first-order valence-corrected chi connectivity index (χ1v) is 8.71. The highest BCUT2D eigenvalue weighted by atomic mass is 16.6. The van der Waals surface area contributed by atoms with Gasteiger partial charge in [0.25, 0.3) is 0 Å². The molecular formula is C22H19NO4. The minimum atomic E-state index is 0.326. The lowest BCUT2D eigenvalue weighted by molar-refractivity contribution is 0.112. The summed E-state index contributed by atoms with van der Waals surface area (Å²) in [5.41, 5.74) is 5.40. The number of rotatable bonds is 4. The van der Waals surface area contributed by atoms with E-state index in [2.05, 4.69) is 18.0 Å². The molecule has 1 aromatic heterocycles. The number of carbonyl (C=O) groups is 1. The van der Waals surface area contributed by atoms with Crippen molar-refractivity contribution in [2.24, 2.45) is 0 Å². The summed E-state index contributed by atoms with van der Waals surface area (Å²) in [6, 6.07) is 15.6. The Labute approximate surface area is 157 Å². The largest absolute Gasteiger partial charge is 0.486 e. The molecule has 4 rings (SSSR count). The Morgan fingerprint density at radius 1 is 1.00 bits per heavy atom. The first-order chi connectivity index (χ1) is 13.2. The SMILES string of the molecule is COc1nc(-c2cccc(-c3ccc4c(c3)OCCO4)c2C)ccc1C=O. The van der Waals surface area contributed by atoms with Gasteiger partial charge in [0.05, 0.1) is 18.4 Å².